The van der Waals surface area contributed by atoms with Crippen molar-refractivity contribution < 1.29 is 4.74 Å². The molecule has 122 valence electrons. The Bertz CT molecular complexity index is 401. The van der Waals surface area contributed by atoms with Crippen LogP contribution in [-0.2, 0) is 17.8 Å². The molecular weight excluding hydrogens is 280 g/mol. The first-order valence-corrected chi connectivity index (χ1v) is 8.79. The summed E-state index contributed by atoms with van der Waals surface area (Å²) in [5.74, 6) is 0.706. The summed E-state index contributed by atoms with van der Waals surface area (Å²) in [7, 11) is 2.16. The lowest BCUT2D eigenvalue weighted by atomic mass is 10.2. The number of nitrogens with one attached hydrogen (secondary N) is 1. The zero-order valence-corrected chi connectivity index (χ0v) is 15.3. The number of nitrogens with zero attached hydrogens (tertiary/aromatic N) is 1. The van der Waals surface area contributed by atoms with E-state index < -0.39 is 0 Å². The molecule has 3 nitrogen and oxygen atoms in total. The predicted octanol–water partition coefficient (Wildman–Crippen LogP) is 3.66. The van der Waals surface area contributed by atoms with Gasteiger partial charge >= 0.3 is 0 Å². The van der Waals surface area contributed by atoms with Crippen molar-refractivity contribution in [3.05, 3.63) is 21.4 Å². The molecule has 21 heavy (non-hydrogen) atoms. The number of thiophene rings is 1. The zero-order chi connectivity index (χ0) is 15.8. The first-order chi connectivity index (χ1) is 9.88. The van der Waals surface area contributed by atoms with Crippen LogP contribution in [0.15, 0.2) is 6.07 Å². The molecule has 0 bridgehead atoms. The third kappa shape index (κ3) is 7.96. The normalized spacial score (nSPS) is 12.0. The first-order valence-electron chi connectivity index (χ1n) is 7.97. The maximum atomic E-state index is 5.61. The topological polar surface area (TPSA) is 24.5 Å². The number of hydrogen-bond donors (Lipinski definition) is 1. The van der Waals surface area contributed by atoms with Gasteiger partial charge in [-0.15, -0.1) is 11.3 Å². The Balaban J connectivity index is 2.39. The predicted molar refractivity (Wildman–Crippen MR) is 93.0 cm³/mol. The second-order valence-electron chi connectivity index (χ2n) is 6.48. The summed E-state index contributed by atoms with van der Waals surface area (Å²) in [5, 5.41) is 3.52. The van der Waals surface area contributed by atoms with Crippen molar-refractivity contribution in [1.82, 2.24) is 10.2 Å². The molecule has 0 aliphatic rings. The Morgan fingerprint density at radius 1 is 1.29 bits per heavy atom. The van der Waals surface area contributed by atoms with Crippen LogP contribution in [0.3, 0.4) is 0 Å². The van der Waals surface area contributed by atoms with Crippen molar-refractivity contribution in [2.24, 2.45) is 5.92 Å². The van der Waals surface area contributed by atoms with Crippen LogP contribution >= 0.6 is 11.3 Å². The Kier molecular flexibility index (Phi) is 8.49. The van der Waals surface area contributed by atoms with E-state index >= 15 is 0 Å². The van der Waals surface area contributed by atoms with Gasteiger partial charge in [0.2, 0.25) is 0 Å². The molecule has 0 atom stereocenters. The molecule has 0 saturated carbocycles. The SMILES string of the molecule is Cc1sc(CNCC(C)C)cc1CN(C)CCOC(C)C. The quantitative estimate of drug-likeness (QED) is 0.713. The number of aryl methyl sites for hydroxylation is 1. The highest BCUT2D eigenvalue weighted by molar-refractivity contribution is 7.12. The molecule has 4 heteroatoms. The van der Waals surface area contributed by atoms with Gasteiger partial charge in [0, 0.05) is 29.4 Å². The van der Waals surface area contributed by atoms with E-state index in [1.54, 1.807) is 0 Å². The molecule has 1 rings (SSSR count). The maximum absolute atomic E-state index is 5.61. The van der Waals surface area contributed by atoms with Crippen LogP contribution in [0.25, 0.3) is 0 Å². The number of likely N-dealkylation sites (N-methyl/N-ethyl adjacent to an activating group) is 1. The Labute approximate surface area is 134 Å². The van der Waals surface area contributed by atoms with Gasteiger partial charge in [-0.2, -0.15) is 0 Å². The summed E-state index contributed by atoms with van der Waals surface area (Å²) in [5.41, 5.74) is 1.45. The van der Waals surface area contributed by atoms with Gasteiger partial charge in [0.05, 0.1) is 12.7 Å². The molecule has 1 N–H and O–H groups in total. The Morgan fingerprint density at radius 2 is 2.00 bits per heavy atom. The highest BCUT2D eigenvalue weighted by Gasteiger charge is 2.08. The average molecular weight is 313 g/mol. The molecule has 0 radical (unpaired) electrons. The fourth-order valence-corrected chi connectivity index (χ4v) is 3.15. The van der Waals surface area contributed by atoms with Crippen molar-refractivity contribution in [2.45, 2.75) is 53.8 Å². The fraction of sp³-hybridized carbons (Fsp3) is 0.765. The first kappa shape index (κ1) is 18.6. The molecule has 0 aliphatic carbocycles. The molecule has 0 saturated heterocycles. The monoisotopic (exact) mass is 312 g/mol. The van der Waals surface area contributed by atoms with Gasteiger partial charge < -0.3 is 10.1 Å². The minimum atomic E-state index is 0.319. The number of ether oxygens (including phenoxy) is 1. The van der Waals surface area contributed by atoms with Crippen molar-refractivity contribution >= 4 is 11.3 Å². The second-order valence-corrected chi connectivity index (χ2v) is 7.82. The van der Waals surface area contributed by atoms with Crippen molar-refractivity contribution in [3.8, 4) is 0 Å². The summed E-state index contributed by atoms with van der Waals surface area (Å²) >= 11 is 1.92. The molecule has 0 fully saturated rings. The minimum absolute atomic E-state index is 0.319. The lowest BCUT2D eigenvalue weighted by Crippen LogP contribution is -2.24. The maximum Gasteiger partial charge on any atom is 0.0596 e. The van der Waals surface area contributed by atoms with Gasteiger partial charge in [0.1, 0.15) is 0 Å². The fourth-order valence-electron chi connectivity index (χ4n) is 2.13. The summed E-state index contributed by atoms with van der Waals surface area (Å²) in [6.07, 6.45) is 0.319. The van der Waals surface area contributed by atoms with E-state index in [0.29, 0.717) is 12.0 Å². The van der Waals surface area contributed by atoms with E-state index in [-0.39, 0.29) is 0 Å². The summed E-state index contributed by atoms with van der Waals surface area (Å²) < 4.78 is 5.61. The molecular formula is C17H32N2OS. The van der Waals surface area contributed by atoms with Crippen LogP contribution in [-0.4, -0.2) is 37.7 Å². The smallest absolute Gasteiger partial charge is 0.0596 e. The molecule has 1 aromatic heterocycles. The molecule has 0 unspecified atom stereocenters. The molecule has 0 spiro atoms. The van der Waals surface area contributed by atoms with Gasteiger partial charge in [0.25, 0.3) is 0 Å². The van der Waals surface area contributed by atoms with Gasteiger partial charge in [-0.1, -0.05) is 13.8 Å². The van der Waals surface area contributed by atoms with Crippen molar-refractivity contribution in [3.63, 3.8) is 0 Å². The van der Waals surface area contributed by atoms with Gasteiger partial charge in [0.15, 0.2) is 0 Å². The molecule has 1 heterocycles. The van der Waals surface area contributed by atoms with Crippen molar-refractivity contribution in [2.75, 3.05) is 26.7 Å². The Morgan fingerprint density at radius 3 is 2.62 bits per heavy atom. The van der Waals surface area contributed by atoms with Crippen LogP contribution in [0.5, 0.6) is 0 Å². The summed E-state index contributed by atoms with van der Waals surface area (Å²) in [6.45, 7) is 15.7. The van der Waals surface area contributed by atoms with Crippen LogP contribution in [0, 0.1) is 12.8 Å². The largest absolute Gasteiger partial charge is 0.377 e. The minimum Gasteiger partial charge on any atom is -0.377 e. The van der Waals surface area contributed by atoms with Gasteiger partial charge in [-0.25, -0.2) is 0 Å². The highest BCUT2D eigenvalue weighted by Crippen LogP contribution is 2.22. The van der Waals surface area contributed by atoms with E-state index in [1.807, 2.05) is 11.3 Å². The van der Waals surface area contributed by atoms with E-state index in [2.05, 4.69) is 57.9 Å². The summed E-state index contributed by atoms with van der Waals surface area (Å²) in [4.78, 5) is 5.21. The van der Waals surface area contributed by atoms with E-state index in [0.717, 1.165) is 32.8 Å². The van der Waals surface area contributed by atoms with Gasteiger partial charge in [-0.3, -0.25) is 4.90 Å². The molecule has 1 aromatic rings. The van der Waals surface area contributed by atoms with Crippen LogP contribution in [0.4, 0.5) is 0 Å². The lowest BCUT2D eigenvalue weighted by molar-refractivity contribution is 0.0627. The Hall–Kier alpha value is -0.420. The van der Waals surface area contributed by atoms with E-state index in [1.165, 1.54) is 15.3 Å². The summed E-state index contributed by atoms with van der Waals surface area (Å²) in [6, 6.07) is 2.35. The van der Waals surface area contributed by atoms with E-state index in [4.69, 9.17) is 4.74 Å². The molecule has 0 aromatic carbocycles. The molecule has 0 aliphatic heterocycles. The third-order valence-corrected chi connectivity index (χ3v) is 4.38. The van der Waals surface area contributed by atoms with Gasteiger partial charge in [-0.05, 0) is 51.9 Å². The molecule has 0 amide bonds. The van der Waals surface area contributed by atoms with Crippen LogP contribution < -0.4 is 5.32 Å². The highest BCUT2D eigenvalue weighted by atomic mass is 32.1. The van der Waals surface area contributed by atoms with Crippen molar-refractivity contribution in [1.29, 1.82) is 0 Å². The lowest BCUT2D eigenvalue weighted by Gasteiger charge is -2.17. The zero-order valence-electron chi connectivity index (χ0n) is 14.5. The van der Waals surface area contributed by atoms with Crippen LogP contribution in [0.2, 0.25) is 0 Å². The number of rotatable bonds is 10. The van der Waals surface area contributed by atoms with Crippen LogP contribution in [0.1, 0.15) is 43.0 Å². The standard InChI is InChI=1S/C17H32N2OS/c1-13(2)10-18-11-17-9-16(15(5)21-17)12-19(6)7-8-20-14(3)4/h9,13-14,18H,7-8,10-12H2,1-6H3. The third-order valence-electron chi connectivity index (χ3n) is 3.29. The van der Waals surface area contributed by atoms with E-state index in [9.17, 15) is 0 Å². The number of hydrogen-bond acceptors (Lipinski definition) is 4. The second kappa shape index (κ2) is 9.57. The average Bonchev–Trinajstić information content (AvgIpc) is 2.69.